The Bertz CT molecular complexity index is 1170. The Balaban J connectivity index is 1.97. The van der Waals surface area contributed by atoms with Gasteiger partial charge in [-0.2, -0.15) is 0 Å². The van der Waals surface area contributed by atoms with Crippen molar-refractivity contribution in [2.75, 3.05) is 6.26 Å². The average molecular weight is 475 g/mol. The number of Topliss-reactive ketones (excluding diaryl/α,β-unsaturated/α-hetero) is 1. The lowest BCUT2D eigenvalue weighted by Crippen LogP contribution is -2.07. The quantitative estimate of drug-likeness (QED) is 0.488. The van der Waals surface area contributed by atoms with Crippen LogP contribution in [0.15, 0.2) is 39.9 Å². The molecule has 0 amide bonds. The first-order chi connectivity index (χ1) is 13.1. The molecule has 3 aromatic rings. The number of ketones is 1. The smallest absolute Gasteiger partial charge is 0.337 e. The van der Waals surface area contributed by atoms with Crippen LogP contribution < -0.4 is 0 Å². The van der Waals surface area contributed by atoms with Crippen LogP contribution in [0.5, 0.6) is 0 Å². The van der Waals surface area contributed by atoms with Gasteiger partial charge in [0.2, 0.25) is 0 Å². The van der Waals surface area contributed by atoms with E-state index in [9.17, 15) is 23.1 Å². The van der Waals surface area contributed by atoms with Crippen LogP contribution in [-0.2, 0) is 16.3 Å². The number of thiophene rings is 2. The molecular weight excluding hydrogens is 463 g/mol. The minimum atomic E-state index is -3.55. The molecule has 2 aromatic heterocycles. The van der Waals surface area contributed by atoms with Crippen molar-refractivity contribution < 1.29 is 23.1 Å². The molecule has 0 spiro atoms. The third-order valence-electron chi connectivity index (χ3n) is 3.89. The molecule has 2 heterocycles. The maximum absolute atomic E-state index is 12.7. The number of hydrogen-bond acceptors (Lipinski definition) is 6. The van der Waals surface area contributed by atoms with Crippen LogP contribution in [0.2, 0.25) is 10.0 Å². The summed E-state index contributed by atoms with van der Waals surface area (Å²) in [5.41, 5.74) is 1.06. The molecule has 10 heteroatoms. The number of sulfone groups is 1. The number of carboxylic acid groups (broad SMARTS) is 1. The Kier molecular flexibility index (Phi) is 5.97. The van der Waals surface area contributed by atoms with E-state index in [1.54, 1.807) is 29.6 Å². The van der Waals surface area contributed by atoms with Crippen molar-refractivity contribution in [1.29, 1.82) is 0 Å². The predicted molar refractivity (Wildman–Crippen MR) is 112 cm³/mol. The molecule has 0 atom stereocenters. The number of carbonyl (C=O) groups is 2. The fourth-order valence-corrected chi connectivity index (χ4v) is 6.66. The van der Waals surface area contributed by atoms with Gasteiger partial charge in [-0.15, -0.1) is 22.7 Å². The Hall–Kier alpha value is -1.71. The summed E-state index contributed by atoms with van der Waals surface area (Å²) < 4.78 is 23.4. The molecule has 5 nitrogen and oxygen atoms in total. The van der Waals surface area contributed by atoms with Crippen molar-refractivity contribution in [3.05, 3.63) is 61.1 Å². The average Bonchev–Trinajstić information content (AvgIpc) is 3.19. The van der Waals surface area contributed by atoms with Gasteiger partial charge >= 0.3 is 5.97 Å². The molecule has 0 saturated carbocycles. The zero-order valence-corrected chi connectivity index (χ0v) is 18.2. The SMILES string of the molecule is CS(=O)(=O)c1csc(C(=O)Cc2csc(-c3ccc(Cl)cc3)c2C(=O)O)c1Cl. The summed E-state index contributed by atoms with van der Waals surface area (Å²) in [6, 6.07) is 6.73. The summed E-state index contributed by atoms with van der Waals surface area (Å²) in [5.74, 6) is -1.59. The molecule has 0 unspecified atom stereocenters. The van der Waals surface area contributed by atoms with Gasteiger partial charge in [-0.3, -0.25) is 4.79 Å². The Morgan fingerprint density at radius 2 is 1.71 bits per heavy atom. The van der Waals surface area contributed by atoms with Crippen molar-refractivity contribution >= 4 is 67.5 Å². The first kappa shape index (κ1) is 21.0. The van der Waals surface area contributed by atoms with E-state index in [4.69, 9.17) is 23.2 Å². The van der Waals surface area contributed by atoms with Crippen LogP contribution in [0.4, 0.5) is 0 Å². The van der Waals surface area contributed by atoms with E-state index in [0.717, 1.165) is 17.6 Å². The van der Waals surface area contributed by atoms with E-state index in [-0.39, 0.29) is 26.8 Å². The van der Waals surface area contributed by atoms with Crippen LogP contribution >= 0.6 is 45.9 Å². The lowest BCUT2D eigenvalue weighted by Gasteiger charge is -2.04. The second-order valence-corrected chi connectivity index (χ2v) is 10.5. The first-order valence-corrected chi connectivity index (χ1v) is 12.1. The van der Waals surface area contributed by atoms with E-state index in [1.165, 1.54) is 16.7 Å². The van der Waals surface area contributed by atoms with Crippen molar-refractivity contribution in [3.8, 4) is 10.4 Å². The zero-order chi connectivity index (χ0) is 20.6. The standard InChI is InChI=1S/C18H12Cl2O5S3/c1-28(24,25)13-8-27-17(15(13)20)12(21)6-10-7-26-16(14(10)18(22)23)9-2-4-11(19)5-3-9/h2-5,7-8H,6H2,1H3,(H,22,23). The van der Waals surface area contributed by atoms with Gasteiger partial charge in [-0.1, -0.05) is 35.3 Å². The summed E-state index contributed by atoms with van der Waals surface area (Å²) in [4.78, 5) is 25.0. The Labute approximate surface area is 179 Å². The Morgan fingerprint density at radius 3 is 2.25 bits per heavy atom. The molecule has 3 rings (SSSR count). The predicted octanol–water partition coefficient (Wildman–Crippen LogP) is 5.31. The molecule has 0 radical (unpaired) electrons. The fourth-order valence-electron chi connectivity index (χ4n) is 2.59. The summed E-state index contributed by atoms with van der Waals surface area (Å²) in [6.07, 6.45) is 0.810. The number of halogens is 2. The molecule has 0 bridgehead atoms. The lowest BCUT2D eigenvalue weighted by molar-refractivity contribution is 0.0697. The second kappa shape index (κ2) is 7.96. The lowest BCUT2D eigenvalue weighted by atomic mass is 10.0. The van der Waals surface area contributed by atoms with Crippen LogP contribution in [0.25, 0.3) is 10.4 Å². The van der Waals surface area contributed by atoms with Crippen LogP contribution in [0.1, 0.15) is 25.6 Å². The van der Waals surface area contributed by atoms with E-state index in [1.807, 2.05) is 0 Å². The fraction of sp³-hybridized carbons (Fsp3) is 0.111. The largest absolute Gasteiger partial charge is 0.478 e. The topological polar surface area (TPSA) is 88.5 Å². The highest BCUT2D eigenvalue weighted by Gasteiger charge is 2.25. The van der Waals surface area contributed by atoms with Gasteiger partial charge in [0, 0.05) is 28.0 Å². The van der Waals surface area contributed by atoms with Gasteiger partial charge in [-0.25, -0.2) is 13.2 Å². The number of benzene rings is 1. The van der Waals surface area contributed by atoms with Gasteiger partial charge in [0.25, 0.3) is 0 Å². The molecule has 1 N–H and O–H groups in total. The summed E-state index contributed by atoms with van der Waals surface area (Å²) in [6.45, 7) is 0. The van der Waals surface area contributed by atoms with Crippen molar-refractivity contribution in [2.45, 2.75) is 11.3 Å². The molecule has 0 aliphatic heterocycles. The first-order valence-electron chi connectivity index (χ1n) is 7.69. The highest BCUT2D eigenvalue weighted by atomic mass is 35.5. The van der Waals surface area contributed by atoms with Gasteiger partial charge in [0.05, 0.1) is 20.4 Å². The van der Waals surface area contributed by atoms with Gasteiger partial charge in [0.1, 0.15) is 0 Å². The van der Waals surface area contributed by atoms with E-state index in [0.29, 0.717) is 21.0 Å². The van der Waals surface area contributed by atoms with E-state index < -0.39 is 21.6 Å². The number of aromatic carboxylic acids is 1. The van der Waals surface area contributed by atoms with E-state index in [2.05, 4.69) is 0 Å². The molecule has 0 aliphatic rings. The molecular formula is C18H12Cl2O5S3. The molecule has 0 fully saturated rings. The van der Waals surface area contributed by atoms with Gasteiger partial charge in [0.15, 0.2) is 15.6 Å². The molecule has 146 valence electrons. The minimum absolute atomic E-state index is 0.0386. The number of carbonyl (C=O) groups excluding carboxylic acids is 1. The maximum Gasteiger partial charge on any atom is 0.337 e. The number of hydrogen-bond donors (Lipinski definition) is 1. The Morgan fingerprint density at radius 1 is 1.07 bits per heavy atom. The zero-order valence-electron chi connectivity index (χ0n) is 14.2. The highest BCUT2D eigenvalue weighted by molar-refractivity contribution is 7.91. The summed E-state index contributed by atoms with van der Waals surface area (Å²) in [7, 11) is -3.55. The molecule has 1 aromatic carbocycles. The third-order valence-corrected chi connectivity index (χ3v) is 8.13. The van der Waals surface area contributed by atoms with Crippen LogP contribution in [-0.4, -0.2) is 31.5 Å². The van der Waals surface area contributed by atoms with Gasteiger partial charge < -0.3 is 5.11 Å². The summed E-state index contributed by atoms with van der Waals surface area (Å²) in [5, 5.41) is 13.0. The third kappa shape index (κ3) is 4.16. The number of carboxylic acids is 1. The normalized spacial score (nSPS) is 11.5. The number of rotatable bonds is 6. The molecule has 0 saturated heterocycles. The van der Waals surface area contributed by atoms with E-state index >= 15 is 0 Å². The summed E-state index contributed by atoms with van der Waals surface area (Å²) >= 11 is 14.1. The van der Waals surface area contributed by atoms with Crippen molar-refractivity contribution in [3.63, 3.8) is 0 Å². The van der Waals surface area contributed by atoms with Crippen LogP contribution in [0, 0.1) is 0 Å². The maximum atomic E-state index is 12.7. The minimum Gasteiger partial charge on any atom is -0.478 e. The molecule has 0 aliphatic carbocycles. The van der Waals surface area contributed by atoms with Crippen molar-refractivity contribution in [2.24, 2.45) is 0 Å². The second-order valence-electron chi connectivity index (χ2n) is 5.89. The molecule has 28 heavy (non-hydrogen) atoms. The van der Waals surface area contributed by atoms with Crippen LogP contribution in [0.3, 0.4) is 0 Å². The van der Waals surface area contributed by atoms with Gasteiger partial charge in [-0.05, 0) is 28.6 Å². The van der Waals surface area contributed by atoms with Crippen molar-refractivity contribution in [1.82, 2.24) is 0 Å². The monoisotopic (exact) mass is 474 g/mol. The highest BCUT2D eigenvalue weighted by Crippen LogP contribution is 2.36.